The van der Waals surface area contributed by atoms with E-state index in [1.807, 2.05) is 22.1 Å². The van der Waals surface area contributed by atoms with Crippen LogP contribution >= 0.6 is 0 Å². The second kappa shape index (κ2) is 13.5. The smallest absolute Gasteiger partial charge is 0.335 e. The molecule has 6 rings (SSSR count). The monoisotopic (exact) mass is 645 g/mol. The molecule has 0 atom stereocenters. The fourth-order valence-electron chi connectivity index (χ4n) is 5.59. The first-order valence-corrected chi connectivity index (χ1v) is 15.0. The van der Waals surface area contributed by atoms with Gasteiger partial charge < -0.3 is 23.7 Å². The van der Waals surface area contributed by atoms with Crippen LogP contribution in [0.25, 0.3) is 11.0 Å². The van der Waals surface area contributed by atoms with Gasteiger partial charge in [-0.3, -0.25) is 4.90 Å². The summed E-state index contributed by atoms with van der Waals surface area (Å²) < 4.78 is 59.0. The Labute approximate surface area is 267 Å². The number of hydrogen-bond acceptors (Lipinski definition) is 8. The molecular weight excluding hydrogens is 615 g/mol. The summed E-state index contributed by atoms with van der Waals surface area (Å²) in [5, 5.41) is 18.5. The number of pyridine rings is 1. The van der Waals surface area contributed by atoms with Crippen molar-refractivity contribution in [2.75, 3.05) is 13.1 Å². The van der Waals surface area contributed by atoms with Gasteiger partial charge in [0.25, 0.3) is 5.88 Å². The average Bonchev–Trinajstić information content (AvgIpc) is 3.67. The standard InChI is InChI=1S/C33H30F3N7O4/c1-2-42-19-38-15-23(42)16-43-28-13-22(33(44)45)12-27(36)31(28)39-29(43)17-41-9-7-24(8-10-41)47-30-6-5-25(34)32(40-30)46-18-21-4-3-20(14-37)11-26(21)35/h3-6,11-13,15,19,24H,2,7-10,16-18H2,1H3,(H,44,45). The molecule has 242 valence electrons. The van der Waals surface area contributed by atoms with Crippen LogP contribution in [0.5, 0.6) is 11.8 Å². The maximum atomic E-state index is 15.0. The van der Waals surface area contributed by atoms with E-state index in [-0.39, 0.29) is 46.7 Å². The number of piperidine rings is 1. The maximum Gasteiger partial charge on any atom is 0.335 e. The van der Waals surface area contributed by atoms with Crippen LogP contribution in [0.2, 0.25) is 0 Å². The third kappa shape index (κ3) is 6.90. The number of fused-ring (bicyclic) bond motifs is 1. The minimum atomic E-state index is -1.23. The summed E-state index contributed by atoms with van der Waals surface area (Å²) in [7, 11) is 0. The number of carboxylic acid groups (broad SMARTS) is 1. The Morgan fingerprint density at radius 2 is 1.85 bits per heavy atom. The summed E-state index contributed by atoms with van der Waals surface area (Å²) in [5.41, 5.74) is 1.53. The van der Waals surface area contributed by atoms with E-state index in [0.717, 1.165) is 17.8 Å². The molecule has 47 heavy (non-hydrogen) atoms. The van der Waals surface area contributed by atoms with Gasteiger partial charge in [0.1, 0.15) is 29.9 Å². The van der Waals surface area contributed by atoms with Crippen molar-refractivity contribution in [2.24, 2.45) is 0 Å². The number of ether oxygens (including phenoxy) is 2. The number of imidazole rings is 2. The minimum Gasteiger partial charge on any atom is -0.478 e. The summed E-state index contributed by atoms with van der Waals surface area (Å²) in [4.78, 5) is 26.8. The highest BCUT2D eigenvalue weighted by atomic mass is 19.1. The lowest BCUT2D eigenvalue weighted by molar-refractivity contribution is 0.0696. The molecule has 1 saturated heterocycles. The molecule has 2 aromatic carbocycles. The van der Waals surface area contributed by atoms with Gasteiger partial charge in [-0.1, -0.05) is 6.07 Å². The lowest BCUT2D eigenvalue weighted by Gasteiger charge is -2.31. The third-order valence-corrected chi connectivity index (χ3v) is 8.11. The van der Waals surface area contributed by atoms with Crippen molar-refractivity contribution in [2.45, 2.75) is 52.1 Å². The highest BCUT2D eigenvalue weighted by Gasteiger charge is 2.25. The second-order valence-corrected chi connectivity index (χ2v) is 11.2. The summed E-state index contributed by atoms with van der Waals surface area (Å²) >= 11 is 0. The first kappa shape index (κ1) is 31.6. The highest BCUT2D eigenvalue weighted by molar-refractivity contribution is 5.92. The van der Waals surface area contributed by atoms with E-state index in [0.29, 0.717) is 56.9 Å². The number of nitrogens with zero attached hydrogens (tertiary/aromatic N) is 7. The fraction of sp³-hybridized carbons (Fsp3) is 0.303. The molecule has 3 aromatic heterocycles. The Kier molecular flexibility index (Phi) is 9.08. The normalized spacial score (nSPS) is 13.9. The fourth-order valence-corrected chi connectivity index (χ4v) is 5.59. The topological polar surface area (TPSA) is 131 Å². The third-order valence-electron chi connectivity index (χ3n) is 8.11. The molecule has 0 bridgehead atoms. The number of aromatic nitrogens is 5. The lowest BCUT2D eigenvalue weighted by atomic mass is 10.1. The molecule has 0 unspecified atom stereocenters. The molecular formula is C33H30F3N7O4. The molecule has 5 aromatic rings. The van der Waals surface area contributed by atoms with E-state index >= 15 is 4.39 Å². The number of aromatic carboxylic acids is 1. The van der Waals surface area contributed by atoms with Gasteiger partial charge in [-0.25, -0.2) is 27.9 Å². The van der Waals surface area contributed by atoms with E-state index in [1.165, 1.54) is 30.3 Å². The van der Waals surface area contributed by atoms with E-state index < -0.39 is 23.4 Å². The molecule has 0 radical (unpaired) electrons. The predicted molar refractivity (Wildman–Crippen MR) is 162 cm³/mol. The van der Waals surface area contributed by atoms with Crippen molar-refractivity contribution in [1.29, 1.82) is 5.26 Å². The Hall–Kier alpha value is -5.42. The Morgan fingerprint density at radius 3 is 2.57 bits per heavy atom. The van der Waals surface area contributed by atoms with Crippen molar-refractivity contribution in [1.82, 2.24) is 29.0 Å². The van der Waals surface area contributed by atoms with Gasteiger partial charge in [0.2, 0.25) is 5.88 Å². The molecule has 11 nitrogen and oxygen atoms in total. The van der Waals surface area contributed by atoms with Crippen LogP contribution in [0.1, 0.15) is 52.8 Å². The molecule has 4 heterocycles. The zero-order valence-corrected chi connectivity index (χ0v) is 25.4. The minimum absolute atomic E-state index is 0.105. The quantitative estimate of drug-likeness (QED) is 0.203. The average molecular weight is 646 g/mol. The van der Waals surface area contributed by atoms with Gasteiger partial charge in [0, 0.05) is 37.5 Å². The van der Waals surface area contributed by atoms with Crippen molar-refractivity contribution >= 4 is 17.0 Å². The molecule has 0 amide bonds. The number of aryl methyl sites for hydroxylation is 1. The van der Waals surface area contributed by atoms with Gasteiger partial charge in [-0.2, -0.15) is 10.2 Å². The van der Waals surface area contributed by atoms with Gasteiger partial charge in [0.15, 0.2) is 11.6 Å². The molecule has 14 heteroatoms. The van der Waals surface area contributed by atoms with E-state index in [1.54, 1.807) is 12.5 Å². The van der Waals surface area contributed by atoms with Crippen molar-refractivity contribution in [3.8, 4) is 17.8 Å². The van der Waals surface area contributed by atoms with Crippen LogP contribution < -0.4 is 9.47 Å². The second-order valence-electron chi connectivity index (χ2n) is 11.2. The number of likely N-dealkylation sites (tertiary alicyclic amines) is 1. The van der Waals surface area contributed by atoms with Crippen LogP contribution in [0, 0.1) is 28.8 Å². The number of carboxylic acids is 1. The SMILES string of the molecule is CCn1cncc1Cn1c(CN2CCC(Oc3ccc(F)c(OCc4ccc(C#N)cc4F)n3)CC2)nc2c(F)cc(C(=O)O)cc21. The zero-order valence-electron chi connectivity index (χ0n) is 25.4. The lowest BCUT2D eigenvalue weighted by Crippen LogP contribution is -2.38. The molecule has 0 spiro atoms. The number of benzene rings is 2. The van der Waals surface area contributed by atoms with Crippen LogP contribution in [0.15, 0.2) is 55.0 Å². The number of hydrogen-bond donors (Lipinski definition) is 1. The molecule has 1 aliphatic heterocycles. The number of halogens is 3. The van der Waals surface area contributed by atoms with E-state index in [2.05, 4.69) is 19.9 Å². The van der Waals surface area contributed by atoms with Crippen LogP contribution in [-0.2, 0) is 26.2 Å². The summed E-state index contributed by atoms with van der Waals surface area (Å²) in [6, 6.07) is 10.8. The molecule has 0 saturated carbocycles. The van der Waals surface area contributed by atoms with Gasteiger partial charge in [-0.15, -0.1) is 0 Å². The molecule has 0 aliphatic carbocycles. The molecule has 1 aliphatic rings. The Morgan fingerprint density at radius 1 is 1.04 bits per heavy atom. The number of carbonyl (C=O) groups is 1. The number of rotatable bonds is 11. The predicted octanol–water partition coefficient (Wildman–Crippen LogP) is 5.31. The van der Waals surface area contributed by atoms with Gasteiger partial charge in [0.05, 0.1) is 47.8 Å². The summed E-state index contributed by atoms with van der Waals surface area (Å²) in [6.45, 7) is 4.35. The Balaban J connectivity index is 1.13. The van der Waals surface area contributed by atoms with Crippen LogP contribution in [0.3, 0.4) is 0 Å². The van der Waals surface area contributed by atoms with Gasteiger partial charge >= 0.3 is 5.97 Å². The first-order valence-electron chi connectivity index (χ1n) is 15.0. The maximum absolute atomic E-state index is 15.0. The number of nitriles is 1. The highest BCUT2D eigenvalue weighted by Crippen LogP contribution is 2.27. The molecule has 1 fully saturated rings. The largest absolute Gasteiger partial charge is 0.478 e. The van der Waals surface area contributed by atoms with Crippen molar-refractivity contribution < 1.29 is 32.5 Å². The van der Waals surface area contributed by atoms with Crippen LogP contribution in [0.4, 0.5) is 13.2 Å². The van der Waals surface area contributed by atoms with E-state index in [4.69, 9.17) is 14.7 Å². The first-order chi connectivity index (χ1) is 22.7. The summed E-state index contributed by atoms with van der Waals surface area (Å²) in [5.74, 6) is -2.86. The zero-order chi connectivity index (χ0) is 33.1. The van der Waals surface area contributed by atoms with Gasteiger partial charge in [-0.05, 0) is 50.1 Å². The Bertz CT molecular complexity index is 1980. The molecule has 1 N–H and O–H groups in total. The van der Waals surface area contributed by atoms with Crippen LogP contribution in [-0.4, -0.2) is 59.3 Å². The summed E-state index contributed by atoms with van der Waals surface area (Å²) in [6.07, 6.45) is 4.45. The van der Waals surface area contributed by atoms with E-state index in [9.17, 15) is 18.7 Å². The van der Waals surface area contributed by atoms with Crippen molar-refractivity contribution in [3.63, 3.8) is 0 Å². The van der Waals surface area contributed by atoms with Crippen molar-refractivity contribution in [3.05, 3.63) is 101 Å².